The number of fused-ring (bicyclic) bond motifs is 2. The molecule has 1 atom stereocenters. The summed E-state index contributed by atoms with van der Waals surface area (Å²) in [4.78, 5) is 39.9. The number of nitrogens with zero attached hydrogens (tertiary/aromatic N) is 7. The largest absolute Gasteiger partial charge is 0.444 e. The molecule has 1 aliphatic heterocycles. The van der Waals surface area contributed by atoms with Gasteiger partial charge in [0.05, 0.1) is 5.57 Å². The fourth-order valence-electron chi connectivity index (χ4n) is 6.02. The molecule has 6 rings (SSSR count). The van der Waals surface area contributed by atoms with Crippen molar-refractivity contribution < 1.29 is 14.3 Å². The predicted molar refractivity (Wildman–Crippen MR) is 173 cm³/mol. The zero-order valence-corrected chi connectivity index (χ0v) is 25.9. The lowest BCUT2D eigenvalue weighted by atomic mass is 9.97. The Balaban J connectivity index is 1.31. The number of amidine groups is 1. The number of rotatable bonds is 10. The summed E-state index contributed by atoms with van der Waals surface area (Å²) in [7, 11) is 0. The average molecular weight is 610 g/mol. The van der Waals surface area contributed by atoms with Gasteiger partial charge in [-0.15, -0.1) is 0 Å². The lowest BCUT2D eigenvalue weighted by Gasteiger charge is -2.28. The van der Waals surface area contributed by atoms with Crippen LogP contribution in [0.1, 0.15) is 62.9 Å². The van der Waals surface area contributed by atoms with Gasteiger partial charge in [0.15, 0.2) is 11.5 Å². The van der Waals surface area contributed by atoms with Gasteiger partial charge in [-0.3, -0.25) is 14.4 Å². The van der Waals surface area contributed by atoms with E-state index in [4.69, 9.17) is 20.4 Å². The third-order valence-corrected chi connectivity index (χ3v) is 8.10. The number of benzene rings is 1. The maximum atomic E-state index is 12.9. The van der Waals surface area contributed by atoms with Crippen LogP contribution in [0.2, 0.25) is 0 Å². The van der Waals surface area contributed by atoms with Crippen LogP contribution in [0.4, 0.5) is 4.79 Å². The molecule has 4 heterocycles. The van der Waals surface area contributed by atoms with Crippen LogP contribution in [-0.2, 0) is 16.0 Å². The highest BCUT2D eigenvalue weighted by Gasteiger charge is 2.28. The van der Waals surface area contributed by atoms with Crippen molar-refractivity contribution in [3.63, 3.8) is 0 Å². The third kappa shape index (κ3) is 6.45. The monoisotopic (exact) mass is 609 g/mol. The number of carbonyl (C=O) groups excluding carboxylic acids is 2. The number of nitrogens with two attached hydrogens (primary N) is 1. The topological polar surface area (TPSA) is 146 Å². The highest BCUT2D eigenvalue weighted by Crippen LogP contribution is 2.38. The van der Waals surface area contributed by atoms with Crippen LogP contribution in [0.3, 0.4) is 0 Å². The number of aromatic nitrogens is 5. The fraction of sp³-hybridized carbons (Fsp3) is 0.394. The minimum atomic E-state index is -0.599. The minimum Gasteiger partial charge on any atom is -0.444 e. The number of hydrogen-bond donors (Lipinski definition) is 2. The van der Waals surface area contributed by atoms with E-state index in [1.807, 2.05) is 45.2 Å². The van der Waals surface area contributed by atoms with Crippen molar-refractivity contribution in [3.05, 3.63) is 71.8 Å². The number of aryl methyl sites for hydroxylation is 1. The van der Waals surface area contributed by atoms with Crippen LogP contribution in [0.5, 0.6) is 0 Å². The van der Waals surface area contributed by atoms with Crippen molar-refractivity contribution in [2.45, 2.75) is 58.0 Å². The molecule has 4 aromatic rings. The zero-order chi connectivity index (χ0) is 31.6. The number of imidazole rings is 1. The fourth-order valence-corrected chi connectivity index (χ4v) is 6.02. The quantitative estimate of drug-likeness (QED) is 0.203. The Morgan fingerprint density at radius 1 is 1.20 bits per heavy atom. The van der Waals surface area contributed by atoms with E-state index in [1.165, 1.54) is 11.1 Å². The molecule has 0 radical (unpaired) electrons. The molecule has 12 heteroatoms. The molecule has 0 saturated heterocycles. The van der Waals surface area contributed by atoms with Gasteiger partial charge in [-0.2, -0.15) is 5.10 Å². The maximum absolute atomic E-state index is 12.9. The molecule has 3 N–H and O–H groups in total. The summed E-state index contributed by atoms with van der Waals surface area (Å²) in [6, 6.07) is 12.3. The zero-order valence-electron chi connectivity index (χ0n) is 25.9. The summed E-state index contributed by atoms with van der Waals surface area (Å²) < 4.78 is 9.44. The standard InChI is InChI=1S/C33H39N9O3/c1-33(2,3)45-32(44)40(19-16-35-21-43)18-13-22-7-8-23-20-24(9-10-25(22)23)42-30(26-6-4-14-36-29(26)34)38-27-11-12-28(39-31(27)42)41-17-5-15-37-41/h5-6,9-12,15,17,20-22H,4,7-8,13-14,16,18-19H2,1-3H3,(H2,34,36)(H,35,43). The van der Waals surface area contributed by atoms with E-state index >= 15 is 0 Å². The lowest BCUT2D eigenvalue weighted by molar-refractivity contribution is -0.109. The number of ether oxygens (including phenoxy) is 1. The van der Waals surface area contributed by atoms with Crippen molar-refractivity contribution in [2.24, 2.45) is 10.7 Å². The number of hydrogen-bond acceptors (Lipinski definition) is 8. The van der Waals surface area contributed by atoms with E-state index in [1.54, 1.807) is 15.8 Å². The summed E-state index contributed by atoms with van der Waals surface area (Å²) in [5.74, 6) is 2.18. The lowest BCUT2D eigenvalue weighted by Crippen LogP contribution is -2.41. The van der Waals surface area contributed by atoms with Gasteiger partial charge in [-0.1, -0.05) is 12.1 Å². The Kier molecular flexibility index (Phi) is 8.38. The Labute approximate surface area is 262 Å². The van der Waals surface area contributed by atoms with E-state index in [2.05, 4.69) is 44.3 Å². The first kappa shape index (κ1) is 30.0. The number of amides is 2. The molecule has 1 unspecified atom stereocenters. The van der Waals surface area contributed by atoms with Crippen molar-refractivity contribution in [3.8, 4) is 11.5 Å². The van der Waals surface area contributed by atoms with Crippen molar-refractivity contribution in [1.29, 1.82) is 0 Å². The predicted octanol–water partition coefficient (Wildman–Crippen LogP) is 4.15. The molecule has 2 aliphatic rings. The van der Waals surface area contributed by atoms with Crippen LogP contribution >= 0.6 is 0 Å². The second-order valence-electron chi connectivity index (χ2n) is 12.4. The molecule has 0 saturated carbocycles. The van der Waals surface area contributed by atoms with Crippen molar-refractivity contribution >= 4 is 35.1 Å². The summed E-state index contributed by atoms with van der Waals surface area (Å²) in [6.07, 6.45) is 9.46. The number of nitrogens with one attached hydrogen (secondary N) is 1. The number of aliphatic imine (C=N–C) groups is 1. The van der Waals surface area contributed by atoms with E-state index in [9.17, 15) is 9.59 Å². The highest BCUT2D eigenvalue weighted by atomic mass is 16.6. The molecule has 12 nitrogen and oxygen atoms in total. The molecule has 1 aliphatic carbocycles. The first-order valence-electron chi connectivity index (χ1n) is 15.4. The average Bonchev–Trinajstić information content (AvgIpc) is 3.76. The van der Waals surface area contributed by atoms with Gasteiger partial charge in [0.1, 0.15) is 22.8 Å². The van der Waals surface area contributed by atoms with E-state index in [0.29, 0.717) is 61.6 Å². The van der Waals surface area contributed by atoms with Gasteiger partial charge in [-0.25, -0.2) is 19.4 Å². The second kappa shape index (κ2) is 12.5. The highest BCUT2D eigenvalue weighted by molar-refractivity contribution is 6.22. The van der Waals surface area contributed by atoms with Crippen LogP contribution in [0.25, 0.3) is 28.2 Å². The Morgan fingerprint density at radius 2 is 2.07 bits per heavy atom. The van der Waals surface area contributed by atoms with E-state index in [0.717, 1.165) is 42.5 Å². The smallest absolute Gasteiger partial charge is 0.410 e. The summed E-state index contributed by atoms with van der Waals surface area (Å²) >= 11 is 0. The molecule has 2 amide bonds. The maximum Gasteiger partial charge on any atom is 0.410 e. The molecule has 0 bridgehead atoms. The number of dihydropyridines is 1. The Morgan fingerprint density at radius 3 is 2.82 bits per heavy atom. The van der Waals surface area contributed by atoms with Crippen LogP contribution in [0.15, 0.2) is 59.9 Å². The molecule has 1 aromatic carbocycles. The molecule has 0 fully saturated rings. The first-order chi connectivity index (χ1) is 21.7. The molecular weight excluding hydrogens is 570 g/mol. The summed E-state index contributed by atoms with van der Waals surface area (Å²) in [5.41, 5.74) is 11.6. The van der Waals surface area contributed by atoms with Gasteiger partial charge in [-0.05, 0) is 93.8 Å². The second-order valence-corrected chi connectivity index (χ2v) is 12.4. The van der Waals surface area contributed by atoms with Gasteiger partial charge in [0.2, 0.25) is 6.41 Å². The molecule has 3 aromatic heterocycles. The normalized spacial score (nSPS) is 16.2. The van der Waals surface area contributed by atoms with E-state index in [-0.39, 0.29) is 6.09 Å². The van der Waals surface area contributed by atoms with Crippen molar-refractivity contribution in [2.75, 3.05) is 26.2 Å². The van der Waals surface area contributed by atoms with E-state index < -0.39 is 5.60 Å². The Bertz CT molecular complexity index is 1770. The molecule has 234 valence electrons. The van der Waals surface area contributed by atoms with Crippen molar-refractivity contribution in [1.82, 2.24) is 34.5 Å². The SMILES string of the molecule is CC(C)(C)OC(=O)N(CCNC=O)CCC1CCc2cc(-n3c(C4=CCCN=C4N)nc4ccc(-n5cccn5)nc43)ccc21. The van der Waals surface area contributed by atoms with Crippen LogP contribution in [0, 0.1) is 0 Å². The van der Waals surface area contributed by atoms with Gasteiger partial charge >= 0.3 is 6.09 Å². The molecule has 45 heavy (non-hydrogen) atoms. The minimum absolute atomic E-state index is 0.297. The van der Waals surface area contributed by atoms with Crippen LogP contribution < -0.4 is 11.1 Å². The number of carbonyl (C=O) groups is 2. The first-order valence-corrected chi connectivity index (χ1v) is 15.4. The van der Waals surface area contributed by atoms with Gasteiger partial charge in [0, 0.05) is 44.3 Å². The molecular formula is C33H39N9O3. The number of pyridine rings is 1. The van der Waals surface area contributed by atoms with Gasteiger partial charge in [0.25, 0.3) is 0 Å². The molecule has 0 spiro atoms. The van der Waals surface area contributed by atoms with Gasteiger partial charge < -0.3 is 20.7 Å². The third-order valence-electron chi connectivity index (χ3n) is 8.10. The Hall–Kier alpha value is -5.00. The summed E-state index contributed by atoms with van der Waals surface area (Å²) in [6.45, 7) is 7.51. The summed E-state index contributed by atoms with van der Waals surface area (Å²) in [5, 5.41) is 7.01. The van der Waals surface area contributed by atoms with Crippen LogP contribution in [-0.4, -0.2) is 79.3 Å².